The Labute approximate surface area is 107 Å². The van der Waals surface area contributed by atoms with Gasteiger partial charge in [0.25, 0.3) is 0 Å². The molecule has 0 atom stereocenters. The molecule has 0 unspecified atom stereocenters. The number of hydrogen-bond acceptors (Lipinski definition) is 1. The molecule has 0 radical (unpaired) electrons. The second-order valence-corrected chi connectivity index (χ2v) is 4.75. The molecule has 18 heavy (non-hydrogen) atoms. The second kappa shape index (κ2) is 3.98. The van der Waals surface area contributed by atoms with E-state index in [1.165, 1.54) is 22.3 Å². The van der Waals surface area contributed by atoms with Crippen molar-refractivity contribution < 1.29 is 4.79 Å². The van der Waals surface area contributed by atoms with Gasteiger partial charge in [0.05, 0.1) is 0 Å². The molecule has 0 bridgehead atoms. The van der Waals surface area contributed by atoms with Gasteiger partial charge >= 0.3 is 0 Å². The molecule has 0 fully saturated rings. The van der Waals surface area contributed by atoms with Crippen LogP contribution >= 0.6 is 0 Å². The van der Waals surface area contributed by atoms with Gasteiger partial charge in [-0.15, -0.1) is 0 Å². The van der Waals surface area contributed by atoms with Gasteiger partial charge in [0.2, 0.25) is 5.91 Å². The van der Waals surface area contributed by atoms with Gasteiger partial charge < -0.3 is 4.90 Å². The summed E-state index contributed by atoms with van der Waals surface area (Å²) in [4.78, 5) is 13.1. The highest BCUT2D eigenvalue weighted by atomic mass is 16.2. The topological polar surface area (TPSA) is 20.3 Å². The van der Waals surface area contributed by atoms with Crippen molar-refractivity contribution in [2.75, 3.05) is 11.9 Å². The Hall–Kier alpha value is -2.09. The Morgan fingerprint density at radius 1 is 1.06 bits per heavy atom. The van der Waals surface area contributed by atoms with Crippen LogP contribution in [0, 0.1) is 0 Å². The summed E-state index contributed by atoms with van der Waals surface area (Å²) < 4.78 is 0. The fourth-order valence-corrected chi connectivity index (χ4v) is 2.50. The average Bonchev–Trinajstić information content (AvgIpc) is 2.75. The molecular formula is C16H15NO. The smallest absolute Gasteiger partial charge is 0.223 e. The minimum atomic E-state index is 0.0567. The summed E-state index contributed by atoms with van der Waals surface area (Å²) in [6.07, 6.45) is 0.996. The van der Waals surface area contributed by atoms with Crippen molar-refractivity contribution in [3.63, 3.8) is 0 Å². The summed E-state index contributed by atoms with van der Waals surface area (Å²) >= 11 is 0. The van der Waals surface area contributed by atoms with E-state index < -0.39 is 0 Å². The summed E-state index contributed by atoms with van der Waals surface area (Å²) in [5.74, 6) is 0.0567. The highest BCUT2D eigenvalue weighted by Gasteiger charge is 2.19. The maximum atomic E-state index is 11.4. The number of hydrogen-bond donors (Lipinski definition) is 0. The van der Waals surface area contributed by atoms with Gasteiger partial charge in [-0.3, -0.25) is 4.79 Å². The summed E-state index contributed by atoms with van der Waals surface area (Å²) in [6, 6.07) is 14.7. The molecule has 0 saturated carbocycles. The molecular weight excluding hydrogens is 222 g/mol. The fourth-order valence-electron chi connectivity index (χ4n) is 2.50. The molecule has 0 saturated heterocycles. The zero-order chi connectivity index (χ0) is 12.7. The lowest BCUT2D eigenvalue weighted by Gasteiger charge is -2.16. The third-order valence-corrected chi connectivity index (χ3v) is 3.64. The van der Waals surface area contributed by atoms with Gasteiger partial charge in [0, 0.05) is 19.7 Å². The molecule has 3 rings (SSSR count). The van der Waals surface area contributed by atoms with Crippen LogP contribution in [0.5, 0.6) is 0 Å². The standard InChI is InChI=1S/C16H15NO/c1-11(18)17(2)14-8-7-13-9-12-5-3-4-6-15(12)16(13)10-14/h3-8,10H,9H2,1-2H3. The zero-order valence-electron chi connectivity index (χ0n) is 10.6. The van der Waals surface area contributed by atoms with E-state index in [2.05, 4.69) is 36.4 Å². The lowest BCUT2D eigenvalue weighted by Crippen LogP contribution is -2.22. The first kappa shape index (κ1) is 11.0. The van der Waals surface area contributed by atoms with Crippen LogP contribution < -0.4 is 4.90 Å². The van der Waals surface area contributed by atoms with Gasteiger partial charge in [-0.25, -0.2) is 0 Å². The van der Waals surface area contributed by atoms with Crippen LogP contribution in [0.3, 0.4) is 0 Å². The summed E-state index contributed by atoms with van der Waals surface area (Å²) in [6.45, 7) is 1.58. The molecule has 0 N–H and O–H groups in total. The van der Waals surface area contributed by atoms with Crippen LogP contribution in [0.4, 0.5) is 5.69 Å². The lowest BCUT2D eigenvalue weighted by atomic mass is 10.1. The SMILES string of the molecule is CC(=O)N(C)c1ccc2c(c1)-c1ccccc1C2. The van der Waals surface area contributed by atoms with E-state index in [1.54, 1.807) is 11.8 Å². The highest BCUT2D eigenvalue weighted by Crippen LogP contribution is 2.38. The molecule has 0 aromatic heterocycles. The van der Waals surface area contributed by atoms with Crippen molar-refractivity contribution in [3.8, 4) is 11.1 Å². The van der Waals surface area contributed by atoms with E-state index in [1.807, 2.05) is 13.1 Å². The molecule has 90 valence electrons. The van der Waals surface area contributed by atoms with Gasteiger partial charge in [-0.1, -0.05) is 30.3 Å². The van der Waals surface area contributed by atoms with Crippen LogP contribution in [0.25, 0.3) is 11.1 Å². The monoisotopic (exact) mass is 237 g/mol. The molecule has 2 heteroatoms. The minimum absolute atomic E-state index is 0.0567. The van der Waals surface area contributed by atoms with Gasteiger partial charge in [0.1, 0.15) is 0 Å². The predicted molar refractivity (Wildman–Crippen MR) is 73.8 cm³/mol. The number of benzene rings is 2. The molecule has 2 nitrogen and oxygen atoms in total. The molecule has 2 aromatic carbocycles. The van der Waals surface area contributed by atoms with Crippen molar-refractivity contribution in [2.45, 2.75) is 13.3 Å². The third-order valence-electron chi connectivity index (χ3n) is 3.64. The van der Waals surface area contributed by atoms with Crippen LogP contribution in [0.2, 0.25) is 0 Å². The summed E-state index contributed by atoms with van der Waals surface area (Å²) in [5, 5.41) is 0. The number of carbonyl (C=O) groups is 1. The quantitative estimate of drug-likeness (QED) is 0.636. The Morgan fingerprint density at radius 3 is 2.56 bits per heavy atom. The Bertz CT molecular complexity index is 631. The number of fused-ring (bicyclic) bond motifs is 3. The Kier molecular flexibility index (Phi) is 2.44. The van der Waals surface area contributed by atoms with Gasteiger partial charge in [0.15, 0.2) is 0 Å². The molecule has 1 aliphatic carbocycles. The first-order chi connectivity index (χ1) is 8.66. The van der Waals surface area contributed by atoms with E-state index in [9.17, 15) is 4.79 Å². The zero-order valence-corrected chi connectivity index (χ0v) is 10.6. The highest BCUT2D eigenvalue weighted by molar-refractivity contribution is 5.92. The van der Waals surface area contributed by atoms with Crippen LogP contribution in [0.1, 0.15) is 18.1 Å². The minimum Gasteiger partial charge on any atom is -0.316 e. The summed E-state index contributed by atoms with van der Waals surface area (Å²) in [7, 11) is 1.81. The van der Waals surface area contributed by atoms with Crippen molar-refractivity contribution in [2.24, 2.45) is 0 Å². The van der Waals surface area contributed by atoms with Crippen LogP contribution in [-0.2, 0) is 11.2 Å². The van der Waals surface area contributed by atoms with Crippen molar-refractivity contribution >= 4 is 11.6 Å². The van der Waals surface area contributed by atoms with Gasteiger partial charge in [-0.2, -0.15) is 0 Å². The number of anilines is 1. The molecule has 2 aromatic rings. The van der Waals surface area contributed by atoms with E-state index in [-0.39, 0.29) is 5.91 Å². The number of amides is 1. The van der Waals surface area contributed by atoms with Crippen molar-refractivity contribution in [3.05, 3.63) is 53.6 Å². The lowest BCUT2D eigenvalue weighted by molar-refractivity contribution is -0.116. The van der Waals surface area contributed by atoms with E-state index >= 15 is 0 Å². The Morgan fingerprint density at radius 2 is 1.78 bits per heavy atom. The largest absolute Gasteiger partial charge is 0.316 e. The molecule has 1 aliphatic rings. The van der Waals surface area contributed by atoms with Gasteiger partial charge in [-0.05, 0) is 40.8 Å². The van der Waals surface area contributed by atoms with E-state index in [0.29, 0.717) is 0 Å². The van der Waals surface area contributed by atoms with Crippen molar-refractivity contribution in [1.82, 2.24) is 0 Å². The summed E-state index contributed by atoms with van der Waals surface area (Å²) in [5.41, 5.74) is 6.23. The van der Waals surface area contributed by atoms with Crippen LogP contribution in [0.15, 0.2) is 42.5 Å². The van der Waals surface area contributed by atoms with E-state index in [0.717, 1.165) is 12.1 Å². The number of carbonyl (C=O) groups excluding carboxylic acids is 1. The molecule has 0 aliphatic heterocycles. The Balaban J connectivity index is 2.11. The molecule has 0 spiro atoms. The predicted octanol–water partition coefficient (Wildman–Crippen LogP) is 3.24. The first-order valence-corrected chi connectivity index (χ1v) is 6.12. The normalized spacial score (nSPS) is 11.9. The first-order valence-electron chi connectivity index (χ1n) is 6.12. The third kappa shape index (κ3) is 1.61. The second-order valence-electron chi connectivity index (χ2n) is 4.75. The molecule has 0 heterocycles. The maximum absolute atomic E-state index is 11.4. The van der Waals surface area contributed by atoms with Crippen LogP contribution in [-0.4, -0.2) is 13.0 Å². The fraction of sp³-hybridized carbons (Fsp3) is 0.188. The van der Waals surface area contributed by atoms with E-state index in [4.69, 9.17) is 0 Å². The maximum Gasteiger partial charge on any atom is 0.223 e. The number of rotatable bonds is 1. The molecule has 1 amide bonds. The average molecular weight is 237 g/mol. The number of nitrogens with zero attached hydrogens (tertiary/aromatic N) is 1. The van der Waals surface area contributed by atoms with Crippen molar-refractivity contribution in [1.29, 1.82) is 0 Å².